The molecule has 0 aromatic heterocycles. The molecule has 45 heavy (non-hydrogen) atoms. The zero-order chi connectivity index (χ0) is 33.4. The van der Waals surface area contributed by atoms with Crippen molar-refractivity contribution in [2.24, 2.45) is 23.2 Å². The minimum absolute atomic E-state index is 0.0446. The van der Waals surface area contributed by atoms with Crippen LogP contribution >= 0.6 is 0 Å². The van der Waals surface area contributed by atoms with Gasteiger partial charge in [0, 0.05) is 12.5 Å². The summed E-state index contributed by atoms with van der Waals surface area (Å²) in [4.78, 5) is 2.11. The number of halogens is 8. The Hall–Kier alpha value is -1.62. The van der Waals surface area contributed by atoms with Gasteiger partial charge in [-0.2, -0.15) is 30.7 Å². The molecule has 3 nitrogen and oxygen atoms in total. The Balaban J connectivity index is 1.21. The van der Waals surface area contributed by atoms with E-state index in [1.807, 2.05) is 14.0 Å². The standard InChI is InChI=1S/C34H49F8NO2/c1-30-15-12-25-28(26(30)13-16-31(30,2)45)22(19-23-20-24(44)21-27(35)29(23)25)11-7-6-10-18-43(3)17-9-5-4-8-14-32(36,37)33(38,39)34(40,41)42/h20-22,25-26,28,44-45H,4-19H2,1-3H3/t22-,25+,26+,28-,30+,31-/m1/s1. The van der Waals surface area contributed by atoms with Crippen molar-refractivity contribution >= 4 is 0 Å². The molecule has 2 N–H and O–H groups in total. The molecule has 11 heteroatoms. The van der Waals surface area contributed by atoms with Crippen molar-refractivity contribution in [2.45, 2.75) is 133 Å². The van der Waals surface area contributed by atoms with Gasteiger partial charge in [-0.25, -0.2) is 4.39 Å². The number of benzene rings is 1. The Bertz CT molecular complexity index is 1160. The van der Waals surface area contributed by atoms with Gasteiger partial charge in [0.05, 0.1) is 5.60 Å². The van der Waals surface area contributed by atoms with Gasteiger partial charge in [-0.3, -0.25) is 0 Å². The fourth-order valence-corrected chi connectivity index (χ4v) is 8.91. The lowest BCUT2D eigenvalue weighted by atomic mass is 9.50. The second-order valence-electron chi connectivity index (χ2n) is 14.6. The number of hydrogen-bond donors (Lipinski definition) is 2. The maximum Gasteiger partial charge on any atom is 0.459 e. The number of unbranched alkanes of at least 4 members (excludes halogenated alkanes) is 5. The molecule has 0 saturated heterocycles. The second-order valence-corrected chi connectivity index (χ2v) is 14.6. The molecular weight excluding hydrogens is 606 g/mol. The number of fused-ring (bicyclic) bond motifs is 5. The summed E-state index contributed by atoms with van der Waals surface area (Å²) in [6, 6.07) is 2.95. The molecule has 0 heterocycles. The molecule has 3 aliphatic rings. The van der Waals surface area contributed by atoms with Crippen molar-refractivity contribution in [3.8, 4) is 5.75 Å². The van der Waals surface area contributed by atoms with Crippen LogP contribution in [-0.2, 0) is 6.42 Å². The first kappa shape index (κ1) is 36.2. The quantitative estimate of drug-likeness (QED) is 0.155. The lowest BCUT2D eigenvalue weighted by Crippen LogP contribution is -2.51. The summed E-state index contributed by atoms with van der Waals surface area (Å²) in [5, 5.41) is 21.4. The van der Waals surface area contributed by atoms with Crippen molar-refractivity contribution in [2.75, 3.05) is 20.1 Å². The lowest BCUT2D eigenvalue weighted by Gasteiger charge is -2.55. The number of nitrogens with zero attached hydrogens (tertiary/aromatic N) is 1. The molecule has 2 fully saturated rings. The minimum Gasteiger partial charge on any atom is -0.508 e. The number of phenolic OH excluding ortho intramolecular Hbond substituents is 1. The highest BCUT2D eigenvalue weighted by Crippen LogP contribution is 2.66. The Morgan fingerprint density at radius 3 is 2.13 bits per heavy atom. The molecule has 0 spiro atoms. The van der Waals surface area contributed by atoms with Crippen molar-refractivity contribution < 1.29 is 45.3 Å². The van der Waals surface area contributed by atoms with E-state index in [0.29, 0.717) is 31.2 Å². The number of alkyl halides is 7. The molecule has 258 valence electrons. The molecule has 1 aromatic rings. The molecule has 6 atom stereocenters. The van der Waals surface area contributed by atoms with Gasteiger partial charge in [-0.15, -0.1) is 0 Å². The van der Waals surface area contributed by atoms with Crippen molar-refractivity contribution in [1.29, 1.82) is 0 Å². The summed E-state index contributed by atoms with van der Waals surface area (Å²) in [6.07, 6.45) is 1.06. The summed E-state index contributed by atoms with van der Waals surface area (Å²) in [5.74, 6) is -10.5. The van der Waals surface area contributed by atoms with Gasteiger partial charge in [-0.05, 0) is 131 Å². The highest BCUT2D eigenvalue weighted by atomic mass is 19.4. The Morgan fingerprint density at radius 2 is 1.49 bits per heavy atom. The SMILES string of the molecule is CN(CCCCCCC(F)(F)C(F)(F)C(F)(F)F)CCCCC[C@@H]1Cc2cc(O)cc(F)c2[C@H]2CC[C@@]3(C)[C@@H](CC[C@@]3(C)O)[C@H]12. The molecule has 1 aromatic carbocycles. The van der Waals surface area contributed by atoms with Crippen LogP contribution in [0.3, 0.4) is 0 Å². The molecule has 0 amide bonds. The average Bonchev–Trinajstić information content (AvgIpc) is 3.17. The molecule has 0 aliphatic heterocycles. The van der Waals surface area contributed by atoms with Crippen molar-refractivity contribution in [3.63, 3.8) is 0 Å². The van der Waals surface area contributed by atoms with Gasteiger partial charge >= 0.3 is 18.0 Å². The van der Waals surface area contributed by atoms with Gasteiger partial charge in [0.1, 0.15) is 11.6 Å². The summed E-state index contributed by atoms with van der Waals surface area (Å²) in [5.41, 5.74) is 0.731. The molecule has 0 radical (unpaired) electrons. The van der Waals surface area contributed by atoms with Gasteiger partial charge < -0.3 is 15.1 Å². The fourth-order valence-electron chi connectivity index (χ4n) is 8.91. The predicted molar refractivity (Wildman–Crippen MR) is 157 cm³/mol. The normalized spacial score (nSPS) is 30.3. The van der Waals surface area contributed by atoms with Crippen LogP contribution < -0.4 is 0 Å². The van der Waals surface area contributed by atoms with Crippen molar-refractivity contribution in [1.82, 2.24) is 4.90 Å². The minimum atomic E-state index is -6.28. The van der Waals surface area contributed by atoms with E-state index in [1.54, 1.807) is 6.07 Å². The molecule has 4 rings (SSSR count). The predicted octanol–water partition coefficient (Wildman–Crippen LogP) is 9.64. The van der Waals surface area contributed by atoms with E-state index in [0.717, 1.165) is 75.5 Å². The highest BCUT2D eigenvalue weighted by molar-refractivity contribution is 5.42. The third-order valence-electron chi connectivity index (χ3n) is 11.7. The van der Waals surface area contributed by atoms with Gasteiger partial charge in [0.25, 0.3) is 0 Å². The number of phenols is 1. The zero-order valence-electron chi connectivity index (χ0n) is 26.6. The van der Waals surface area contributed by atoms with Crippen LogP contribution in [0.15, 0.2) is 12.1 Å². The van der Waals surface area contributed by atoms with E-state index in [1.165, 1.54) is 6.07 Å². The average molecular weight is 656 g/mol. The first-order chi connectivity index (χ1) is 20.8. The van der Waals surface area contributed by atoms with Crippen LogP contribution in [0, 0.1) is 29.0 Å². The van der Waals surface area contributed by atoms with Crippen LogP contribution in [0.25, 0.3) is 0 Å². The van der Waals surface area contributed by atoms with Gasteiger partial charge in [-0.1, -0.05) is 32.6 Å². The van der Waals surface area contributed by atoms with E-state index in [4.69, 9.17) is 0 Å². The van der Waals surface area contributed by atoms with E-state index in [-0.39, 0.29) is 35.2 Å². The molecule has 0 unspecified atom stereocenters. The lowest BCUT2D eigenvalue weighted by molar-refractivity contribution is -0.355. The van der Waals surface area contributed by atoms with Crippen molar-refractivity contribution in [3.05, 3.63) is 29.1 Å². The first-order valence-electron chi connectivity index (χ1n) is 16.6. The fraction of sp³-hybridized carbons (Fsp3) is 0.824. The van der Waals surface area contributed by atoms with E-state index >= 15 is 4.39 Å². The molecule has 2 saturated carbocycles. The van der Waals surface area contributed by atoms with Gasteiger partial charge in [0.2, 0.25) is 0 Å². The van der Waals surface area contributed by atoms with Crippen LogP contribution in [0.4, 0.5) is 35.1 Å². The Kier molecular flexibility index (Phi) is 10.8. The largest absolute Gasteiger partial charge is 0.508 e. The third-order valence-corrected chi connectivity index (χ3v) is 11.7. The van der Waals surface area contributed by atoms with E-state index in [2.05, 4.69) is 11.8 Å². The summed E-state index contributed by atoms with van der Waals surface area (Å²) in [7, 11) is 1.94. The van der Waals surface area contributed by atoms with Crippen LogP contribution in [-0.4, -0.2) is 58.9 Å². The van der Waals surface area contributed by atoms with Crippen LogP contribution in [0.1, 0.15) is 114 Å². The summed E-state index contributed by atoms with van der Waals surface area (Å²) < 4.78 is 105. The molecule has 0 bridgehead atoms. The second kappa shape index (κ2) is 13.5. The van der Waals surface area contributed by atoms with Crippen LogP contribution in [0.2, 0.25) is 0 Å². The highest BCUT2D eigenvalue weighted by Gasteiger charge is 2.72. The Morgan fingerprint density at radius 1 is 0.867 bits per heavy atom. The maximum absolute atomic E-state index is 15.2. The van der Waals surface area contributed by atoms with Crippen LogP contribution in [0.5, 0.6) is 5.75 Å². The first-order valence-corrected chi connectivity index (χ1v) is 16.6. The zero-order valence-corrected chi connectivity index (χ0v) is 26.6. The summed E-state index contributed by atoms with van der Waals surface area (Å²) in [6.45, 7) is 5.65. The monoisotopic (exact) mass is 655 g/mol. The maximum atomic E-state index is 15.2. The van der Waals surface area contributed by atoms with Gasteiger partial charge in [0.15, 0.2) is 0 Å². The number of rotatable bonds is 14. The molecule has 3 aliphatic carbocycles. The topological polar surface area (TPSA) is 43.7 Å². The number of hydrogen-bond acceptors (Lipinski definition) is 3. The summed E-state index contributed by atoms with van der Waals surface area (Å²) >= 11 is 0. The van der Waals surface area contributed by atoms with E-state index in [9.17, 15) is 40.9 Å². The Labute approximate surface area is 261 Å². The number of aliphatic hydroxyl groups is 1. The third kappa shape index (κ3) is 7.29. The molecular formula is C34H49F8NO2. The van der Waals surface area contributed by atoms with E-state index < -0.39 is 36.5 Å². The number of aromatic hydroxyl groups is 1. The smallest absolute Gasteiger partial charge is 0.459 e.